The smallest absolute Gasteiger partial charge is 0.411 e. The van der Waals surface area contributed by atoms with Gasteiger partial charge in [0.05, 0.1) is 0 Å². The van der Waals surface area contributed by atoms with Crippen molar-refractivity contribution in [3.05, 3.63) is 29.3 Å². The Hall–Kier alpha value is -1.22. The van der Waals surface area contributed by atoms with Crippen LogP contribution in [0.3, 0.4) is 0 Å². The van der Waals surface area contributed by atoms with Gasteiger partial charge in [-0.3, -0.25) is 5.32 Å². The molecule has 0 spiro atoms. The first-order chi connectivity index (χ1) is 10.2. The predicted octanol–water partition coefficient (Wildman–Crippen LogP) is 4.71. The minimum absolute atomic E-state index is 0.119. The Kier molecular flexibility index (Phi) is 3.33. The fraction of sp³-hybridized carbons (Fsp3) is 0.588. The summed E-state index contributed by atoms with van der Waals surface area (Å²) in [6, 6.07) is 7.16. The van der Waals surface area contributed by atoms with E-state index in [1.807, 2.05) is 12.1 Å². The molecule has 4 rings (SSSR count). The van der Waals surface area contributed by atoms with Crippen LogP contribution in [0.15, 0.2) is 24.3 Å². The molecule has 0 aliphatic heterocycles. The van der Waals surface area contributed by atoms with Gasteiger partial charge in [0.2, 0.25) is 0 Å². The number of halogens is 1. The van der Waals surface area contributed by atoms with E-state index in [4.69, 9.17) is 16.3 Å². The number of carbonyl (C=O) groups excluding carboxylic acids is 1. The van der Waals surface area contributed by atoms with Crippen LogP contribution in [0.1, 0.15) is 32.1 Å². The van der Waals surface area contributed by atoms with Gasteiger partial charge >= 0.3 is 6.09 Å². The van der Waals surface area contributed by atoms with E-state index in [1.54, 1.807) is 12.1 Å². The first kappa shape index (κ1) is 13.4. The van der Waals surface area contributed by atoms with Crippen LogP contribution in [-0.4, -0.2) is 12.2 Å². The van der Waals surface area contributed by atoms with Crippen LogP contribution in [0.25, 0.3) is 0 Å². The predicted molar refractivity (Wildman–Crippen MR) is 82.4 cm³/mol. The fourth-order valence-corrected chi connectivity index (χ4v) is 5.18. The lowest BCUT2D eigenvalue weighted by Gasteiger charge is -2.31. The second-order valence-electron chi connectivity index (χ2n) is 6.73. The first-order valence-electron chi connectivity index (χ1n) is 7.94. The van der Waals surface area contributed by atoms with E-state index >= 15 is 0 Å². The highest BCUT2D eigenvalue weighted by molar-refractivity contribution is 6.30. The Morgan fingerprint density at radius 1 is 1.19 bits per heavy atom. The molecule has 1 N–H and O–H groups in total. The lowest BCUT2D eigenvalue weighted by molar-refractivity contribution is 0.0431. The van der Waals surface area contributed by atoms with Crippen molar-refractivity contribution in [3.63, 3.8) is 0 Å². The van der Waals surface area contributed by atoms with Crippen LogP contribution in [0.2, 0.25) is 5.02 Å². The highest BCUT2D eigenvalue weighted by Gasteiger charge is 2.55. The summed E-state index contributed by atoms with van der Waals surface area (Å²) >= 11 is 5.92. The van der Waals surface area contributed by atoms with Gasteiger partial charge in [0, 0.05) is 10.7 Å². The number of benzene rings is 1. The van der Waals surface area contributed by atoms with Crippen molar-refractivity contribution in [2.24, 2.45) is 23.7 Å². The number of hydrogen-bond donors (Lipinski definition) is 1. The van der Waals surface area contributed by atoms with Crippen molar-refractivity contribution >= 4 is 23.4 Å². The maximum atomic E-state index is 12.1. The lowest BCUT2D eigenvalue weighted by Crippen LogP contribution is -2.33. The molecule has 21 heavy (non-hydrogen) atoms. The van der Waals surface area contributed by atoms with Gasteiger partial charge in [0.25, 0.3) is 0 Å². The van der Waals surface area contributed by atoms with Gasteiger partial charge in [0.1, 0.15) is 6.10 Å². The number of anilines is 1. The summed E-state index contributed by atoms with van der Waals surface area (Å²) in [4.78, 5) is 12.1. The maximum Gasteiger partial charge on any atom is 0.411 e. The molecule has 3 fully saturated rings. The van der Waals surface area contributed by atoms with Gasteiger partial charge < -0.3 is 4.74 Å². The lowest BCUT2D eigenvalue weighted by atomic mass is 9.80. The molecule has 2 bridgehead atoms. The minimum atomic E-state index is -0.343. The number of ether oxygens (including phenoxy) is 1. The van der Waals surface area contributed by atoms with Gasteiger partial charge in [-0.2, -0.15) is 0 Å². The molecule has 3 aliphatic rings. The molecule has 1 amide bonds. The van der Waals surface area contributed by atoms with Crippen molar-refractivity contribution in [1.29, 1.82) is 0 Å². The van der Waals surface area contributed by atoms with E-state index in [9.17, 15) is 4.79 Å². The normalized spacial score (nSPS) is 36.5. The molecule has 0 radical (unpaired) electrons. The van der Waals surface area contributed by atoms with Gasteiger partial charge in [-0.1, -0.05) is 24.1 Å². The number of hydrogen-bond acceptors (Lipinski definition) is 2. The Bertz CT molecular complexity index is 561. The molecule has 1 aromatic rings. The maximum absolute atomic E-state index is 12.1. The molecular formula is C17H20ClNO2. The van der Waals surface area contributed by atoms with Crippen LogP contribution in [0.4, 0.5) is 10.5 Å². The number of carbonyl (C=O) groups is 1. The van der Waals surface area contributed by atoms with E-state index in [-0.39, 0.29) is 12.2 Å². The van der Waals surface area contributed by atoms with Crippen LogP contribution < -0.4 is 5.32 Å². The third-order valence-corrected chi connectivity index (χ3v) is 5.93. The average molecular weight is 306 g/mol. The Morgan fingerprint density at radius 3 is 2.90 bits per heavy atom. The molecule has 1 aromatic carbocycles. The minimum Gasteiger partial charge on any atom is -0.446 e. The summed E-state index contributed by atoms with van der Waals surface area (Å²) in [5.41, 5.74) is 0.689. The topological polar surface area (TPSA) is 38.3 Å². The largest absolute Gasteiger partial charge is 0.446 e. The number of fused-ring (bicyclic) bond motifs is 5. The highest BCUT2D eigenvalue weighted by Crippen LogP contribution is 2.59. The van der Waals surface area contributed by atoms with Crippen molar-refractivity contribution in [2.75, 3.05) is 5.32 Å². The van der Waals surface area contributed by atoms with Gasteiger partial charge in [-0.15, -0.1) is 0 Å². The second-order valence-corrected chi connectivity index (χ2v) is 7.17. The zero-order chi connectivity index (χ0) is 14.4. The van der Waals surface area contributed by atoms with Crippen LogP contribution in [0, 0.1) is 23.7 Å². The summed E-state index contributed by atoms with van der Waals surface area (Å²) < 4.78 is 5.70. The third kappa shape index (κ3) is 2.42. The standard InChI is InChI=1S/C17H20ClNO2/c18-11-3-1-4-12(9-11)19-17(20)21-16-8-10-7-15(16)14-6-2-5-13(10)14/h1,3-4,9-10,13-16H,2,5-8H2,(H,19,20)/t10-,13+,14-,15-,16-/m1/s1. The van der Waals surface area contributed by atoms with Crippen molar-refractivity contribution in [3.8, 4) is 0 Å². The molecule has 0 unspecified atom stereocenters. The molecule has 112 valence electrons. The number of nitrogens with one attached hydrogen (secondary N) is 1. The van der Waals surface area contributed by atoms with E-state index < -0.39 is 0 Å². The van der Waals surface area contributed by atoms with Crippen LogP contribution in [0.5, 0.6) is 0 Å². The summed E-state index contributed by atoms with van der Waals surface area (Å²) in [6.07, 6.45) is 6.20. The van der Waals surface area contributed by atoms with E-state index in [2.05, 4.69) is 5.32 Å². The van der Waals surface area contributed by atoms with E-state index in [0.717, 1.165) is 24.2 Å². The Labute approximate surface area is 130 Å². The third-order valence-electron chi connectivity index (χ3n) is 5.70. The van der Waals surface area contributed by atoms with Crippen LogP contribution >= 0.6 is 11.6 Å². The van der Waals surface area contributed by atoms with Crippen LogP contribution in [-0.2, 0) is 4.74 Å². The van der Waals surface area contributed by atoms with Gasteiger partial charge in [-0.05, 0) is 67.6 Å². The van der Waals surface area contributed by atoms with Gasteiger partial charge in [-0.25, -0.2) is 4.79 Å². The molecule has 3 aliphatic carbocycles. The Morgan fingerprint density at radius 2 is 2.05 bits per heavy atom. The quantitative estimate of drug-likeness (QED) is 0.859. The second kappa shape index (κ2) is 5.20. The molecule has 0 saturated heterocycles. The van der Waals surface area contributed by atoms with Gasteiger partial charge in [0.15, 0.2) is 0 Å². The van der Waals surface area contributed by atoms with E-state index in [0.29, 0.717) is 16.6 Å². The van der Waals surface area contributed by atoms with Crippen molar-refractivity contribution in [2.45, 2.75) is 38.2 Å². The molecule has 0 aromatic heterocycles. The molecule has 3 nitrogen and oxygen atoms in total. The summed E-state index contributed by atoms with van der Waals surface area (Å²) in [6.45, 7) is 0. The van der Waals surface area contributed by atoms with Crippen molar-refractivity contribution < 1.29 is 9.53 Å². The number of rotatable bonds is 2. The van der Waals surface area contributed by atoms with Crippen molar-refractivity contribution in [1.82, 2.24) is 0 Å². The molecule has 3 saturated carbocycles. The monoisotopic (exact) mass is 305 g/mol. The molecule has 0 heterocycles. The first-order valence-corrected chi connectivity index (χ1v) is 8.32. The molecule has 4 heteroatoms. The highest BCUT2D eigenvalue weighted by atomic mass is 35.5. The molecule has 5 atom stereocenters. The summed E-state index contributed by atoms with van der Waals surface area (Å²) in [7, 11) is 0. The SMILES string of the molecule is O=C(Nc1cccc(Cl)c1)O[C@@H]1C[C@H]2C[C@@H]1[C@@H]1CCC[C@@H]21. The zero-order valence-electron chi connectivity index (χ0n) is 11.9. The molecular weight excluding hydrogens is 286 g/mol. The van der Waals surface area contributed by atoms with E-state index in [1.165, 1.54) is 25.7 Å². The average Bonchev–Trinajstić information content (AvgIpc) is 3.09. The summed E-state index contributed by atoms with van der Waals surface area (Å²) in [5, 5.41) is 3.40. The summed E-state index contributed by atoms with van der Waals surface area (Å²) in [5.74, 6) is 3.14. The Balaban J connectivity index is 1.37. The zero-order valence-corrected chi connectivity index (χ0v) is 12.7. The fourth-order valence-electron chi connectivity index (χ4n) is 4.99. The number of amides is 1.